The molecule has 3 aromatic heterocycles. The molecule has 6 rings (SSSR count). The van der Waals surface area contributed by atoms with Crippen LogP contribution in [-0.4, -0.2) is 34.5 Å². The number of nitrogens with zero attached hydrogens (tertiary/aromatic N) is 2. The summed E-state index contributed by atoms with van der Waals surface area (Å²) in [6, 6.07) is 4.06. The molecule has 1 fully saturated rings. The molecule has 2 aliphatic carbocycles. The number of methoxy groups -OCH3 is 1. The van der Waals surface area contributed by atoms with Crippen LogP contribution in [0, 0.1) is 0 Å². The van der Waals surface area contributed by atoms with E-state index < -0.39 is 0 Å². The number of pyridine rings is 2. The van der Waals surface area contributed by atoms with Crippen LogP contribution >= 0.6 is 0 Å². The second-order valence-corrected chi connectivity index (χ2v) is 8.03. The van der Waals surface area contributed by atoms with E-state index in [9.17, 15) is 4.79 Å². The number of amides is 1. The Kier molecular flexibility index (Phi) is 3.08. The van der Waals surface area contributed by atoms with Gasteiger partial charge in [-0.1, -0.05) is 0 Å². The highest BCUT2D eigenvalue weighted by Gasteiger charge is 2.51. The zero-order valence-electron chi connectivity index (χ0n) is 15.6. The molecule has 4 heterocycles. The third kappa shape index (κ3) is 2.11. The van der Waals surface area contributed by atoms with E-state index in [0.717, 1.165) is 71.6 Å². The van der Waals surface area contributed by atoms with Gasteiger partial charge in [-0.15, -0.1) is 0 Å². The normalized spacial score (nSPS) is 18.1. The summed E-state index contributed by atoms with van der Waals surface area (Å²) in [5, 5.41) is 3.11. The van der Waals surface area contributed by atoms with Crippen molar-refractivity contribution in [1.82, 2.24) is 20.3 Å². The van der Waals surface area contributed by atoms with Crippen LogP contribution in [0.25, 0.3) is 22.5 Å². The summed E-state index contributed by atoms with van der Waals surface area (Å²) in [6.07, 6.45) is 9.50. The van der Waals surface area contributed by atoms with Crippen LogP contribution in [0.2, 0.25) is 0 Å². The number of carbonyl (C=O) groups is 1. The molecule has 3 aromatic rings. The van der Waals surface area contributed by atoms with E-state index in [1.165, 1.54) is 5.56 Å². The Morgan fingerprint density at radius 3 is 2.86 bits per heavy atom. The number of hydrogen-bond donors (Lipinski definition) is 2. The van der Waals surface area contributed by atoms with E-state index in [0.29, 0.717) is 5.75 Å². The van der Waals surface area contributed by atoms with Gasteiger partial charge < -0.3 is 15.0 Å². The Morgan fingerprint density at radius 2 is 2.04 bits per heavy atom. The molecule has 1 spiro atoms. The van der Waals surface area contributed by atoms with Gasteiger partial charge in [0, 0.05) is 41.2 Å². The molecule has 140 valence electrons. The molecule has 0 unspecified atom stereocenters. The van der Waals surface area contributed by atoms with Crippen molar-refractivity contribution in [3.8, 4) is 28.3 Å². The van der Waals surface area contributed by atoms with Gasteiger partial charge >= 0.3 is 0 Å². The molecule has 3 aliphatic rings. The Labute approximate surface area is 162 Å². The second-order valence-electron chi connectivity index (χ2n) is 8.03. The predicted molar refractivity (Wildman–Crippen MR) is 104 cm³/mol. The second kappa shape index (κ2) is 5.44. The molecule has 1 amide bonds. The number of carbonyl (C=O) groups excluding carboxylic acids is 1. The minimum Gasteiger partial charge on any atom is -0.495 e. The van der Waals surface area contributed by atoms with Gasteiger partial charge in [0.15, 0.2) is 0 Å². The molecule has 6 nitrogen and oxygen atoms in total. The lowest BCUT2D eigenvalue weighted by Crippen LogP contribution is -2.39. The summed E-state index contributed by atoms with van der Waals surface area (Å²) in [4.78, 5) is 25.2. The van der Waals surface area contributed by atoms with E-state index in [1.807, 2.05) is 12.3 Å². The molecule has 0 radical (unpaired) electrons. The highest BCUT2D eigenvalue weighted by Crippen LogP contribution is 2.52. The molecule has 6 heteroatoms. The Balaban J connectivity index is 1.52. The number of hydrogen-bond acceptors (Lipinski definition) is 4. The quantitative estimate of drug-likeness (QED) is 0.725. The minimum absolute atomic E-state index is 0.0692. The molecule has 1 saturated carbocycles. The Hall–Kier alpha value is -3.15. The van der Waals surface area contributed by atoms with Gasteiger partial charge in [-0.25, -0.2) is 0 Å². The van der Waals surface area contributed by atoms with Crippen molar-refractivity contribution in [1.29, 1.82) is 0 Å². The van der Waals surface area contributed by atoms with Gasteiger partial charge in [-0.2, -0.15) is 0 Å². The molecule has 0 saturated heterocycles. The first-order valence-corrected chi connectivity index (χ1v) is 9.71. The molecular weight excluding hydrogens is 352 g/mol. The minimum atomic E-state index is 0.0692. The molecule has 2 N–H and O–H groups in total. The van der Waals surface area contributed by atoms with Crippen molar-refractivity contribution in [3.05, 3.63) is 53.1 Å². The fourth-order valence-electron chi connectivity index (χ4n) is 4.67. The molecule has 0 atom stereocenters. The number of fused-ring (bicyclic) bond motifs is 6. The fraction of sp³-hybridized carbons (Fsp3) is 0.318. The average Bonchev–Trinajstić information content (AvgIpc) is 3.40. The third-order valence-corrected chi connectivity index (χ3v) is 6.45. The van der Waals surface area contributed by atoms with Crippen molar-refractivity contribution < 1.29 is 9.53 Å². The van der Waals surface area contributed by atoms with E-state index in [2.05, 4.69) is 26.3 Å². The molecule has 1 aliphatic heterocycles. The zero-order chi connectivity index (χ0) is 18.9. The van der Waals surface area contributed by atoms with E-state index in [-0.39, 0.29) is 11.3 Å². The average molecular weight is 372 g/mol. The number of aromatic amines is 1. The van der Waals surface area contributed by atoms with Crippen molar-refractivity contribution in [2.24, 2.45) is 0 Å². The number of rotatable bonds is 2. The van der Waals surface area contributed by atoms with Crippen LogP contribution in [-0.2, 0) is 18.3 Å². The standard InChI is InChI=1S/C22H20N4O2/c1-28-14-6-13(8-23-10-14)17-7-16-12(9-24-17)2-3-15-18-20(26-19(15)16)22(4-5-22)11-25-21(18)27/h6-10,26H,2-5,11H2,1H3,(H,25,27). The van der Waals surface area contributed by atoms with Crippen molar-refractivity contribution >= 4 is 5.91 Å². The topological polar surface area (TPSA) is 79.9 Å². The summed E-state index contributed by atoms with van der Waals surface area (Å²) in [5.41, 5.74) is 8.57. The third-order valence-electron chi connectivity index (χ3n) is 6.45. The van der Waals surface area contributed by atoms with Crippen molar-refractivity contribution in [2.75, 3.05) is 13.7 Å². The monoisotopic (exact) mass is 372 g/mol. The first kappa shape index (κ1) is 15.9. The van der Waals surface area contributed by atoms with E-state index in [1.54, 1.807) is 19.5 Å². The van der Waals surface area contributed by atoms with Gasteiger partial charge in [0.05, 0.1) is 30.3 Å². The number of aryl methyl sites for hydroxylation is 1. The lowest BCUT2D eigenvalue weighted by Gasteiger charge is -2.23. The van der Waals surface area contributed by atoms with Gasteiger partial charge in [-0.3, -0.25) is 14.8 Å². The van der Waals surface area contributed by atoms with Crippen molar-refractivity contribution in [2.45, 2.75) is 31.1 Å². The highest BCUT2D eigenvalue weighted by molar-refractivity contribution is 6.01. The molecule has 28 heavy (non-hydrogen) atoms. The SMILES string of the molecule is COc1cncc(-c2cc3c(cn2)CCc2c-3[nH]c3c2C(=O)NCC32CC2)c1. The fourth-order valence-corrected chi connectivity index (χ4v) is 4.67. The molecular formula is C22H20N4O2. The van der Waals surface area contributed by atoms with Crippen LogP contribution in [0.4, 0.5) is 0 Å². The first-order chi connectivity index (χ1) is 13.7. The smallest absolute Gasteiger partial charge is 0.253 e. The summed E-state index contributed by atoms with van der Waals surface area (Å²) < 4.78 is 5.30. The van der Waals surface area contributed by atoms with Crippen LogP contribution < -0.4 is 10.1 Å². The number of H-pyrrole nitrogens is 1. The zero-order valence-corrected chi connectivity index (χ0v) is 15.6. The van der Waals surface area contributed by atoms with Crippen LogP contribution in [0.3, 0.4) is 0 Å². The summed E-state index contributed by atoms with van der Waals surface area (Å²) in [6.45, 7) is 0.752. The van der Waals surface area contributed by atoms with Crippen LogP contribution in [0.15, 0.2) is 30.7 Å². The van der Waals surface area contributed by atoms with Crippen molar-refractivity contribution in [3.63, 3.8) is 0 Å². The number of aromatic nitrogens is 3. The first-order valence-electron chi connectivity index (χ1n) is 9.71. The number of ether oxygens (including phenoxy) is 1. The maximum atomic E-state index is 12.6. The van der Waals surface area contributed by atoms with E-state index in [4.69, 9.17) is 4.74 Å². The lowest BCUT2D eigenvalue weighted by atomic mass is 9.86. The van der Waals surface area contributed by atoms with Gasteiger partial charge in [0.1, 0.15) is 5.75 Å². The summed E-state index contributed by atoms with van der Waals surface area (Å²) in [5.74, 6) is 0.778. The predicted octanol–water partition coefficient (Wildman–Crippen LogP) is 3.02. The maximum Gasteiger partial charge on any atom is 0.253 e. The molecule has 0 bridgehead atoms. The van der Waals surface area contributed by atoms with Crippen LogP contribution in [0.5, 0.6) is 5.75 Å². The summed E-state index contributed by atoms with van der Waals surface area (Å²) >= 11 is 0. The van der Waals surface area contributed by atoms with Crippen LogP contribution in [0.1, 0.15) is 40.0 Å². The Bertz CT molecular complexity index is 1140. The van der Waals surface area contributed by atoms with Gasteiger partial charge in [0.2, 0.25) is 0 Å². The highest BCUT2D eigenvalue weighted by atomic mass is 16.5. The summed E-state index contributed by atoms with van der Waals surface area (Å²) in [7, 11) is 1.63. The molecule has 0 aromatic carbocycles. The van der Waals surface area contributed by atoms with Gasteiger partial charge in [-0.05, 0) is 48.9 Å². The maximum absolute atomic E-state index is 12.6. The largest absolute Gasteiger partial charge is 0.495 e. The number of nitrogens with one attached hydrogen (secondary N) is 2. The van der Waals surface area contributed by atoms with Gasteiger partial charge in [0.25, 0.3) is 5.91 Å². The lowest BCUT2D eigenvalue weighted by molar-refractivity contribution is 0.0936. The Morgan fingerprint density at radius 1 is 1.14 bits per heavy atom. The van der Waals surface area contributed by atoms with E-state index >= 15 is 0 Å².